The van der Waals surface area contributed by atoms with Crippen LogP contribution in [0.4, 0.5) is 0 Å². The summed E-state index contributed by atoms with van der Waals surface area (Å²) in [7, 11) is 2.03. The summed E-state index contributed by atoms with van der Waals surface area (Å²) < 4.78 is 2.08. The number of aromatic nitrogens is 1. The number of hydrogen-bond donors (Lipinski definition) is 1. The molecule has 2 heterocycles. The largest absolute Gasteiger partial charge is 0.351 e. The Morgan fingerprint density at radius 2 is 2.00 bits per heavy atom. The SMILES string of the molecule is Cn1ccc2cc(C(=O)C3(Cc4ccccc4)CCNC3)ccc21. The van der Waals surface area contributed by atoms with Gasteiger partial charge in [0.1, 0.15) is 0 Å². The zero-order valence-corrected chi connectivity index (χ0v) is 14.0. The molecule has 1 aromatic heterocycles. The Morgan fingerprint density at radius 3 is 2.75 bits per heavy atom. The lowest BCUT2D eigenvalue weighted by atomic mass is 9.74. The molecule has 1 saturated heterocycles. The van der Waals surface area contributed by atoms with E-state index in [2.05, 4.69) is 34.1 Å². The summed E-state index contributed by atoms with van der Waals surface area (Å²) in [5.74, 6) is 0.266. The molecule has 0 amide bonds. The predicted molar refractivity (Wildman–Crippen MR) is 97.3 cm³/mol. The molecule has 2 aromatic carbocycles. The molecule has 0 spiro atoms. The van der Waals surface area contributed by atoms with Crippen molar-refractivity contribution in [2.45, 2.75) is 12.8 Å². The first-order valence-electron chi connectivity index (χ1n) is 8.53. The van der Waals surface area contributed by atoms with Gasteiger partial charge >= 0.3 is 0 Å². The summed E-state index contributed by atoms with van der Waals surface area (Å²) in [5.41, 5.74) is 2.89. The van der Waals surface area contributed by atoms with Crippen LogP contribution in [-0.2, 0) is 13.5 Å². The van der Waals surface area contributed by atoms with E-state index >= 15 is 0 Å². The molecule has 1 atom stereocenters. The number of rotatable bonds is 4. The Bertz CT molecular complexity index is 873. The number of ketones is 1. The molecule has 0 radical (unpaired) electrons. The normalized spacial score (nSPS) is 20.5. The first-order chi connectivity index (χ1) is 11.7. The second-order valence-corrected chi connectivity index (χ2v) is 6.90. The van der Waals surface area contributed by atoms with Crippen LogP contribution in [0.2, 0.25) is 0 Å². The highest BCUT2D eigenvalue weighted by atomic mass is 16.1. The van der Waals surface area contributed by atoms with Gasteiger partial charge < -0.3 is 9.88 Å². The number of fused-ring (bicyclic) bond motifs is 1. The maximum absolute atomic E-state index is 13.4. The number of benzene rings is 2. The molecule has 1 aliphatic rings. The number of nitrogens with zero attached hydrogens (tertiary/aromatic N) is 1. The fourth-order valence-corrected chi connectivity index (χ4v) is 3.88. The van der Waals surface area contributed by atoms with E-state index in [4.69, 9.17) is 0 Å². The van der Waals surface area contributed by atoms with E-state index in [1.54, 1.807) is 0 Å². The molecule has 0 saturated carbocycles. The van der Waals surface area contributed by atoms with Crippen molar-refractivity contribution in [1.29, 1.82) is 0 Å². The molecule has 24 heavy (non-hydrogen) atoms. The van der Waals surface area contributed by atoms with Gasteiger partial charge in [0.05, 0.1) is 5.41 Å². The van der Waals surface area contributed by atoms with Gasteiger partial charge in [-0.2, -0.15) is 0 Å². The lowest BCUT2D eigenvalue weighted by molar-refractivity contribution is 0.0816. The highest BCUT2D eigenvalue weighted by Crippen LogP contribution is 2.34. The van der Waals surface area contributed by atoms with Gasteiger partial charge in [-0.15, -0.1) is 0 Å². The zero-order valence-electron chi connectivity index (χ0n) is 14.0. The van der Waals surface area contributed by atoms with Crippen molar-refractivity contribution in [3.8, 4) is 0 Å². The minimum absolute atomic E-state index is 0.266. The van der Waals surface area contributed by atoms with Crippen LogP contribution in [0.5, 0.6) is 0 Å². The van der Waals surface area contributed by atoms with Crippen LogP contribution in [0.25, 0.3) is 10.9 Å². The lowest BCUT2D eigenvalue weighted by Crippen LogP contribution is -2.35. The maximum atomic E-state index is 13.4. The quantitative estimate of drug-likeness (QED) is 0.746. The van der Waals surface area contributed by atoms with Crippen LogP contribution in [-0.4, -0.2) is 23.4 Å². The van der Waals surface area contributed by atoms with Crippen molar-refractivity contribution in [2.75, 3.05) is 13.1 Å². The van der Waals surface area contributed by atoms with Gasteiger partial charge in [0.2, 0.25) is 0 Å². The standard InChI is InChI=1S/C21H22N2O/c1-23-12-9-17-13-18(7-8-19(17)23)20(24)21(10-11-22-15-21)14-16-5-3-2-4-6-16/h2-9,12-13,22H,10-11,14-15H2,1H3. The third kappa shape index (κ3) is 2.55. The first kappa shape index (κ1) is 15.2. The number of Topliss-reactive ketones (excluding diaryl/α,β-unsaturated/α-hetero) is 1. The molecule has 1 fully saturated rings. The van der Waals surface area contributed by atoms with Crippen LogP contribution < -0.4 is 5.32 Å². The second-order valence-electron chi connectivity index (χ2n) is 6.90. The molecule has 1 aliphatic heterocycles. The van der Waals surface area contributed by atoms with Gasteiger partial charge in [-0.05, 0) is 49.2 Å². The van der Waals surface area contributed by atoms with Gasteiger partial charge in [0.15, 0.2) is 5.78 Å². The molecule has 122 valence electrons. The van der Waals surface area contributed by atoms with Gasteiger partial charge in [0, 0.05) is 36.3 Å². The number of aryl methyl sites for hydroxylation is 1. The van der Waals surface area contributed by atoms with Crippen molar-refractivity contribution in [3.63, 3.8) is 0 Å². The molecular formula is C21H22N2O. The van der Waals surface area contributed by atoms with Gasteiger partial charge in [-0.3, -0.25) is 4.79 Å². The average molecular weight is 318 g/mol. The molecule has 1 N–H and O–H groups in total. The van der Waals surface area contributed by atoms with E-state index in [1.165, 1.54) is 5.56 Å². The second kappa shape index (κ2) is 5.91. The molecular weight excluding hydrogens is 296 g/mol. The minimum Gasteiger partial charge on any atom is -0.351 e. The fourth-order valence-electron chi connectivity index (χ4n) is 3.88. The summed E-state index contributed by atoms with van der Waals surface area (Å²) in [5, 5.41) is 4.53. The highest BCUT2D eigenvalue weighted by Gasteiger charge is 2.41. The van der Waals surface area contributed by atoms with Crippen LogP contribution in [0.1, 0.15) is 22.3 Å². The van der Waals surface area contributed by atoms with Crippen LogP contribution in [0.3, 0.4) is 0 Å². The van der Waals surface area contributed by atoms with E-state index in [-0.39, 0.29) is 11.2 Å². The van der Waals surface area contributed by atoms with E-state index < -0.39 is 0 Å². The van der Waals surface area contributed by atoms with E-state index in [9.17, 15) is 4.79 Å². The van der Waals surface area contributed by atoms with Crippen LogP contribution in [0.15, 0.2) is 60.8 Å². The number of carbonyl (C=O) groups excluding carboxylic acids is 1. The molecule has 4 rings (SSSR count). The summed E-state index contributed by atoms with van der Waals surface area (Å²) in [4.78, 5) is 13.4. The van der Waals surface area contributed by atoms with E-state index in [0.717, 1.165) is 42.4 Å². The Kier molecular flexibility index (Phi) is 3.73. The predicted octanol–water partition coefficient (Wildman–Crippen LogP) is 3.58. The Labute approximate surface area is 142 Å². The van der Waals surface area contributed by atoms with Crippen molar-refractivity contribution < 1.29 is 4.79 Å². The van der Waals surface area contributed by atoms with E-state index in [0.29, 0.717) is 0 Å². The summed E-state index contributed by atoms with van der Waals surface area (Å²) in [6, 6.07) is 18.5. The zero-order chi connectivity index (χ0) is 16.6. The first-order valence-corrected chi connectivity index (χ1v) is 8.53. The molecule has 3 aromatic rings. The van der Waals surface area contributed by atoms with Gasteiger partial charge in [-0.25, -0.2) is 0 Å². The third-order valence-electron chi connectivity index (χ3n) is 5.26. The maximum Gasteiger partial charge on any atom is 0.170 e. The van der Waals surface area contributed by atoms with Crippen molar-refractivity contribution in [3.05, 3.63) is 71.9 Å². The number of hydrogen-bond acceptors (Lipinski definition) is 2. The Morgan fingerprint density at radius 1 is 1.17 bits per heavy atom. The molecule has 3 heteroatoms. The summed E-state index contributed by atoms with van der Waals surface area (Å²) in [6.45, 7) is 1.67. The Balaban J connectivity index is 1.70. The number of carbonyl (C=O) groups is 1. The van der Waals surface area contributed by atoms with Crippen molar-refractivity contribution in [1.82, 2.24) is 9.88 Å². The third-order valence-corrected chi connectivity index (χ3v) is 5.26. The van der Waals surface area contributed by atoms with Gasteiger partial charge in [0.25, 0.3) is 0 Å². The monoisotopic (exact) mass is 318 g/mol. The average Bonchev–Trinajstić information content (AvgIpc) is 3.23. The molecule has 0 aliphatic carbocycles. The Hall–Kier alpha value is -2.39. The summed E-state index contributed by atoms with van der Waals surface area (Å²) in [6.07, 6.45) is 3.73. The highest BCUT2D eigenvalue weighted by molar-refractivity contribution is 6.03. The van der Waals surface area contributed by atoms with Crippen LogP contribution >= 0.6 is 0 Å². The minimum atomic E-state index is -0.330. The lowest BCUT2D eigenvalue weighted by Gasteiger charge is -2.27. The summed E-state index contributed by atoms with van der Waals surface area (Å²) >= 11 is 0. The van der Waals surface area contributed by atoms with E-state index in [1.807, 2.05) is 43.6 Å². The van der Waals surface area contributed by atoms with Crippen molar-refractivity contribution in [2.24, 2.45) is 12.5 Å². The molecule has 1 unspecified atom stereocenters. The number of nitrogens with one attached hydrogen (secondary N) is 1. The topological polar surface area (TPSA) is 34.0 Å². The fraction of sp³-hybridized carbons (Fsp3) is 0.286. The van der Waals surface area contributed by atoms with Crippen molar-refractivity contribution >= 4 is 16.7 Å². The molecule has 3 nitrogen and oxygen atoms in total. The molecule has 0 bridgehead atoms. The van der Waals surface area contributed by atoms with Crippen LogP contribution in [0, 0.1) is 5.41 Å². The smallest absolute Gasteiger partial charge is 0.170 e. The van der Waals surface area contributed by atoms with Gasteiger partial charge in [-0.1, -0.05) is 30.3 Å².